The van der Waals surface area contributed by atoms with Gasteiger partial charge in [0, 0.05) is 37.4 Å². The number of hydrogen-bond acceptors (Lipinski definition) is 4. The van der Waals surface area contributed by atoms with E-state index in [-0.39, 0.29) is 29.9 Å². The molecule has 0 spiro atoms. The van der Waals surface area contributed by atoms with Crippen molar-refractivity contribution in [2.24, 2.45) is 0 Å². The van der Waals surface area contributed by atoms with E-state index in [4.69, 9.17) is 4.42 Å². The lowest BCUT2D eigenvalue weighted by Gasteiger charge is -2.33. The highest BCUT2D eigenvalue weighted by molar-refractivity contribution is 5.93. The molecule has 2 heterocycles. The highest BCUT2D eigenvalue weighted by atomic mass is 19.1. The molecule has 0 unspecified atom stereocenters. The molecule has 166 valence electrons. The Bertz CT molecular complexity index is 1090. The highest BCUT2D eigenvalue weighted by Gasteiger charge is 2.25. The number of furan rings is 1. The molecule has 1 saturated heterocycles. The van der Waals surface area contributed by atoms with Crippen molar-refractivity contribution in [3.05, 3.63) is 77.8 Å². The zero-order chi connectivity index (χ0) is 22.5. The summed E-state index contributed by atoms with van der Waals surface area (Å²) in [6, 6.07) is 17.1. The molecule has 3 aromatic rings. The summed E-state index contributed by atoms with van der Waals surface area (Å²) in [6.07, 6.45) is 0.854. The van der Waals surface area contributed by atoms with Crippen LogP contribution >= 0.6 is 0 Å². The summed E-state index contributed by atoms with van der Waals surface area (Å²) < 4.78 is 18.8. The Morgan fingerprint density at radius 2 is 1.69 bits per heavy atom. The lowest BCUT2D eigenvalue weighted by Crippen LogP contribution is -2.50. The van der Waals surface area contributed by atoms with E-state index in [1.54, 1.807) is 29.2 Å². The number of aryl methyl sites for hydroxylation is 1. The average molecular weight is 435 g/mol. The second kappa shape index (κ2) is 9.78. The molecule has 7 heteroatoms. The van der Waals surface area contributed by atoms with E-state index in [1.165, 1.54) is 12.1 Å². The minimum absolute atomic E-state index is 0.0550. The SMILES string of the molecule is CCc1ccccc1NC(=O)CN1CCN(C(=O)c2ccc(-c3ccc(F)cc3)o2)CC1. The fourth-order valence-electron chi connectivity index (χ4n) is 3.83. The maximum Gasteiger partial charge on any atom is 0.289 e. The van der Waals surface area contributed by atoms with Crippen LogP contribution in [-0.4, -0.2) is 54.3 Å². The Morgan fingerprint density at radius 1 is 0.969 bits per heavy atom. The van der Waals surface area contributed by atoms with Crippen molar-refractivity contribution in [2.75, 3.05) is 38.0 Å². The first-order valence-corrected chi connectivity index (χ1v) is 10.8. The van der Waals surface area contributed by atoms with Gasteiger partial charge in [-0.25, -0.2) is 4.39 Å². The molecule has 2 amide bonds. The molecule has 1 fully saturated rings. The zero-order valence-electron chi connectivity index (χ0n) is 18.0. The number of amides is 2. The fourth-order valence-corrected chi connectivity index (χ4v) is 3.83. The predicted octanol–water partition coefficient (Wildman–Crippen LogP) is 4.04. The summed E-state index contributed by atoms with van der Waals surface area (Å²) in [5.74, 6) is 0.223. The van der Waals surface area contributed by atoms with Crippen molar-refractivity contribution in [1.29, 1.82) is 0 Å². The first-order valence-electron chi connectivity index (χ1n) is 10.8. The number of hydrogen-bond donors (Lipinski definition) is 1. The number of carbonyl (C=O) groups is 2. The molecule has 4 rings (SSSR count). The number of carbonyl (C=O) groups excluding carboxylic acids is 2. The Balaban J connectivity index is 1.29. The predicted molar refractivity (Wildman–Crippen MR) is 121 cm³/mol. The average Bonchev–Trinajstić information content (AvgIpc) is 3.30. The molecule has 1 aliphatic rings. The molecule has 1 aromatic heterocycles. The maximum absolute atomic E-state index is 13.1. The molecular weight excluding hydrogens is 409 g/mol. The summed E-state index contributed by atoms with van der Waals surface area (Å²) in [5.41, 5.74) is 2.67. The smallest absolute Gasteiger partial charge is 0.289 e. The largest absolute Gasteiger partial charge is 0.451 e. The van der Waals surface area contributed by atoms with Crippen LogP contribution in [-0.2, 0) is 11.2 Å². The van der Waals surface area contributed by atoms with Crippen molar-refractivity contribution in [3.63, 3.8) is 0 Å². The Hall–Kier alpha value is -3.45. The molecule has 2 aromatic carbocycles. The van der Waals surface area contributed by atoms with Crippen LogP contribution in [0.2, 0.25) is 0 Å². The highest BCUT2D eigenvalue weighted by Crippen LogP contribution is 2.23. The quantitative estimate of drug-likeness (QED) is 0.635. The summed E-state index contributed by atoms with van der Waals surface area (Å²) in [7, 11) is 0. The lowest BCUT2D eigenvalue weighted by atomic mass is 10.1. The standard InChI is InChI=1S/C25H26FN3O3/c1-2-18-5-3-4-6-21(18)27-24(30)17-28-13-15-29(16-14-28)25(31)23-12-11-22(32-23)19-7-9-20(26)10-8-19/h3-12H,2,13-17H2,1H3,(H,27,30). The van der Waals surface area contributed by atoms with Crippen LogP contribution in [0.5, 0.6) is 0 Å². The van der Waals surface area contributed by atoms with Crippen LogP contribution in [0.3, 0.4) is 0 Å². The van der Waals surface area contributed by atoms with Gasteiger partial charge in [0.25, 0.3) is 5.91 Å². The molecule has 0 bridgehead atoms. The first kappa shape index (κ1) is 21.8. The van der Waals surface area contributed by atoms with E-state index in [9.17, 15) is 14.0 Å². The van der Waals surface area contributed by atoms with Crippen molar-refractivity contribution in [2.45, 2.75) is 13.3 Å². The monoisotopic (exact) mass is 435 g/mol. The molecule has 0 saturated carbocycles. The Kier molecular flexibility index (Phi) is 6.66. The van der Waals surface area contributed by atoms with E-state index in [2.05, 4.69) is 12.2 Å². The van der Waals surface area contributed by atoms with Crippen molar-refractivity contribution in [1.82, 2.24) is 9.80 Å². The molecular formula is C25H26FN3O3. The Morgan fingerprint density at radius 3 is 2.41 bits per heavy atom. The molecule has 0 atom stereocenters. The van der Waals surface area contributed by atoms with Crippen LogP contribution in [0.4, 0.5) is 10.1 Å². The third-order valence-electron chi connectivity index (χ3n) is 5.64. The zero-order valence-corrected chi connectivity index (χ0v) is 18.0. The number of para-hydroxylation sites is 1. The van der Waals surface area contributed by atoms with Gasteiger partial charge in [0.05, 0.1) is 6.54 Å². The number of nitrogens with one attached hydrogen (secondary N) is 1. The summed E-state index contributed by atoms with van der Waals surface area (Å²) in [5, 5.41) is 2.99. The van der Waals surface area contributed by atoms with Crippen LogP contribution in [0.25, 0.3) is 11.3 Å². The van der Waals surface area contributed by atoms with Crippen LogP contribution in [0.15, 0.2) is 65.1 Å². The summed E-state index contributed by atoms with van der Waals surface area (Å²) >= 11 is 0. The summed E-state index contributed by atoms with van der Waals surface area (Å²) in [6.45, 7) is 4.60. The normalized spacial score (nSPS) is 14.4. The van der Waals surface area contributed by atoms with Crippen LogP contribution in [0, 0.1) is 5.82 Å². The van der Waals surface area contributed by atoms with E-state index in [1.807, 2.05) is 29.2 Å². The van der Waals surface area contributed by atoms with Crippen molar-refractivity contribution < 1.29 is 18.4 Å². The maximum atomic E-state index is 13.1. The number of nitrogens with zero attached hydrogens (tertiary/aromatic N) is 2. The van der Waals surface area contributed by atoms with Gasteiger partial charge in [-0.05, 0) is 54.4 Å². The van der Waals surface area contributed by atoms with E-state index >= 15 is 0 Å². The topological polar surface area (TPSA) is 65.8 Å². The van der Waals surface area contributed by atoms with Gasteiger partial charge in [0.15, 0.2) is 5.76 Å². The van der Waals surface area contributed by atoms with Gasteiger partial charge in [0.2, 0.25) is 5.91 Å². The second-order valence-corrected chi connectivity index (χ2v) is 7.80. The minimum atomic E-state index is -0.322. The third kappa shape index (κ3) is 5.06. The van der Waals surface area contributed by atoms with Crippen molar-refractivity contribution in [3.8, 4) is 11.3 Å². The van der Waals surface area contributed by atoms with E-state index in [0.717, 1.165) is 17.7 Å². The first-order chi connectivity index (χ1) is 15.5. The molecule has 32 heavy (non-hydrogen) atoms. The van der Waals surface area contributed by atoms with Gasteiger partial charge in [-0.1, -0.05) is 25.1 Å². The van der Waals surface area contributed by atoms with E-state index < -0.39 is 0 Å². The number of benzene rings is 2. The van der Waals surface area contributed by atoms with Crippen molar-refractivity contribution >= 4 is 17.5 Å². The van der Waals surface area contributed by atoms with Gasteiger partial charge < -0.3 is 14.6 Å². The fraction of sp³-hybridized carbons (Fsp3) is 0.280. The van der Waals surface area contributed by atoms with E-state index in [0.29, 0.717) is 37.5 Å². The van der Waals surface area contributed by atoms with Gasteiger partial charge in [-0.2, -0.15) is 0 Å². The lowest BCUT2D eigenvalue weighted by molar-refractivity contribution is -0.117. The number of halogens is 1. The Labute approximate surface area is 186 Å². The van der Waals surface area contributed by atoms with Crippen LogP contribution < -0.4 is 5.32 Å². The van der Waals surface area contributed by atoms with Gasteiger partial charge in [-0.3, -0.25) is 14.5 Å². The minimum Gasteiger partial charge on any atom is -0.451 e. The van der Waals surface area contributed by atoms with Gasteiger partial charge in [-0.15, -0.1) is 0 Å². The molecule has 1 aliphatic heterocycles. The van der Waals surface area contributed by atoms with Gasteiger partial charge in [0.1, 0.15) is 11.6 Å². The molecule has 0 radical (unpaired) electrons. The number of piperazine rings is 1. The second-order valence-electron chi connectivity index (χ2n) is 7.80. The molecule has 0 aliphatic carbocycles. The third-order valence-corrected chi connectivity index (χ3v) is 5.64. The number of anilines is 1. The van der Waals surface area contributed by atoms with Gasteiger partial charge >= 0.3 is 0 Å². The molecule has 1 N–H and O–H groups in total. The number of rotatable bonds is 6. The molecule has 6 nitrogen and oxygen atoms in total. The summed E-state index contributed by atoms with van der Waals surface area (Å²) in [4.78, 5) is 29.1. The van der Waals surface area contributed by atoms with Crippen LogP contribution in [0.1, 0.15) is 23.0 Å².